The molecule has 2 heterocycles. The summed E-state index contributed by atoms with van der Waals surface area (Å²) in [5.41, 5.74) is 3.03. The third kappa shape index (κ3) is 2.62. The lowest BCUT2D eigenvalue weighted by Gasteiger charge is -2.45. The standard InChI is InChI=1S/C20H26O4/c1-13(2)16-7-6-14(3)20(17(16)5-4-9-21)11-18(24-19(20)22)15-8-10-23-12-15/h8-10,12,14,17-18H,4-7,11H2,1-3H3. The van der Waals surface area contributed by atoms with Crippen molar-refractivity contribution in [3.8, 4) is 0 Å². The van der Waals surface area contributed by atoms with Crippen LogP contribution in [0.1, 0.15) is 64.5 Å². The summed E-state index contributed by atoms with van der Waals surface area (Å²) in [6.07, 6.45) is 7.88. The molecule has 1 aliphatic carbocycles. The van der Waals surface area contributed by atoms with Crippen molar-refractivity contribution in [1.82, 2.24) is 0 Å². The van der Waals surface area contributed by atoms with E-state index in [1.165, 1.54) is 11.1 Å². The first-order valence-corrected chi connectivity index (χ1v) is 8.83. The highest BCUT2D eigenvalue weighted by atomic mass is 16.6. The zero-order valence-corrected chi connectivity index (χ0v) is 14.7. The van der Waals surface area contributed by atoms with Crippen LogP contribution in [-0.2, 0) is 14.3 Å². The number of cyclic esters (lactones) is 1. The Kier molecular flexibility index (Phi) is 4.66. The molecule has 0 amide bonds. The van der Waals surface area contributed by atoms with Crippen LogP contribution >= 0.6 is 0 Å². The van der Waals surface area contributed by atoms with Gasteiger partial charge < -0.3 is 13.9 Å². The fraction of sp³-hybridized carbons (Fsp3) is 0.600. The molecular formula is C20H26O4. The molecule has 1 saturated carbocycles. The summed E-state index contributed by atoms with van der Waals surface area (Å²) in [6, 6.07) is 1.87. The molecule has 2 fully saturated rings. The van der Waals surface area contributed by atoms with E-state index >= 15 is 0 Å². The second-order valence-electron chi connectivity index (χ2n) is 7.46. The highest BCUT2D eigenvalue weighted by Crippen LogP contribution is 2.59. The molecule has 1 spiro atoms. The van der Waals surface area contributed by atoms with Crippen LogP contribution in [0.25, 0.3) is 0 Å². The van der Waals surface area contributed by atoms with Gasteiger partial charge in [0.1, 0.15) is 12.4 Å². The lowest BCUT2D eigenvalue weighted by Crippen LogP contribution is -2.45. The minimum atomic E-state index is -0.518. The second kappa shape index (κ2) is 6.58. The van der Waals surface area contributed by atoms with Crippen molar-refractivity contribution in [2.24, 2.45) is 17.3 Å². The van der Waals surface area contributed by atoms with Crippen LogP contribution in [0.5, 0.6) is 0 Å². The molecule has 4 atom stereocenters. The van der Waals surface area contributed by atoms with Gasteiger partial charge in [0.2, 0.25) is 0 Å². The number of furan rings is 1. The topological polar surface area (TPSA) is 56.5 Å². The maximum Gasteiger partial charge on any atom is 0.313 e. The van der Waals surface area contributed by atoms with Crippen LogP contribution in [0, 0.1) is 17.3 Å². The number of aldehydes is 1. The van der Waals surface area contributed by atoms with E-state index in [4.69, 9.17) is 9.15 Å². The zero-order chi connectivity index (χ0) is 17.3. The Balaban J connectivity index is 2.01. The maximum absolute atomic E-state index is 13.0. The van der Waals surface area contributed by atoms with E-state index in [1.807, 2.05) is 6.07 Å². The van der Waals surface area contributed by atoms with Gasteiger partial charge >= 0.3 is 5.97 Å². The van der Waals surface area contributed by atoms with Gasteiger partial charge in [0.15, 0.2) is 0 Å². The molecule has 1 aliphatic heterocycles. The van der Waals surface area contributed by atoms with Crippen LogP contribution in [0.3, 0.4) is 0 Å². The molecule has 0 aromatic carbocycles. The summed E-state index contributed by atoms with van der Waals surface area (Å²) in [4.78, 5) is 24.0. The minimum absolute atomic E-state index is 0.0980. The van der Waals surface area contributed by atoms with Gasteiger partial charge in [-0.1, -0.05) is 18.1 Å². The molecule has 1 aromatic heterocycles. The number of hydrogen-bond acceptors (Lipinski definition) is 4. The average Bonchev–Trinajstić information content (AvgIpc) is 3.17. The molecule has 24 heavy (non-hydrogen) atoms. The Morgan fingerprint density at radius 3 is 2.83 bits per heavy atom. The molecule has 0 N–H and O–H groups in total. The molecule has 0 radical (unpaired) electrons. The SMILES string of the molecule is CC(C)=C1CCC(C)C2(CC(c3ccoc3)OC2=O)C1CCC=O. The monoisotopic (exact) mass is 330 g/mol. The quantitative estimate of drug-likeness (QED) is 0.459. The third-order valence-corrected chi connectivity index (χ3v) is 6.05. The first-order chi connectivity index (χ1) is 11.5. The Bertz CT molecular complexity index is 639. The smallest absolute Gasteiger partial charge is 0.313 e. The van der Waals surface area contributed by atoms with Crippen molar-refractivity contribution < 1.29 is 18.7 Å². The van der Waals surface area contributed by atoms with Crippen molar-refractivity contribution in [3.05, 3.63) is 35.3 Å². The largest absolute Gasteiger partial charge is 0.472 e. The van der Waals surface area contributed by atoms with E-state index in [9.17, 15) is 9.59 Å². The second-order valence-corrected chi connectivity index (χ2v) is 7.46. The summed E-state index contributed by atoms with van der Waals surface area (Å²) < 4.78 is 11.0. The van der Waals surface area contributed by atoms with Crippen LogP contribution in [0.4, 0.5) is 0 Å². The van der Waals surface area contributed by atoms with Gasteiger partial charge in [-0.05, 0) is 51.0 Å². The Labute approximate surface area is 143 Å². The van der Waals surface area contributed by atoms with E-state index < -0.39 is 5.41 Å². The van der Waals surface area contributed by atoms with Crippen LogP contribution < -0.4 is 0 Å². The summed E-state index contributed by atoms with van der Waals surface area (Å²) in [7, 11) is 0. The van der Waals surface area contributed by atoms with Crippen molar-refractivity contribution in [3.63, 3.8) is 0 Å². The lowest BCUT2D eigenvalue weighted by molar-refractivity contribution is -0.155. The van der Waals surface area contributed by atoms with Gasteiger partial charge in [0.05, 0.1) is 17.9 Å². The predicted molar refractivity (Wildman–Crippen MR) is 90.2 cm³/mol. The van der Waals surface area contributed by atoms with Gasteiger partial charge in [0, 0.05) is 18.4 Å². The number of ether oxygens (including phenoxy) is 1. The average molecular weight is 330 g/mol. The van der Waals surface area contributed by atoms with Gasteiger partial charge in [-0.3, -0.25) is 4.79 Å². The summed E-state index contributed by atoms with van der Waals surface area (Å²) in [6.45, 7) is 6.39. The van der Waals surface area contributed by atoms with Crippen molar-refractivity contribution in [1.29, 1.82) is 0 Å². The summed E-state index contributed by atoms with van der Waals surface area (Å²) in [5.74, 6) is 0.248. The highest BCUT2D eigenvalue weighted by Gasteiger charge is 2.59. The predicted octanol–water partition coefficient (Wildman–Crippen LogP) is 4.62. The van der Waals surface area contributed by atoms with Crippen LogP contribution in [0.15, 0.2) is 34.2 Å². The van der Waals surface area contributed by atoms with Crippen molar-refractivity contribution >= 4 is 12.3 Å². The van der Waals surface area contributed by atoms with Crippen molar-refractivity contribution in [2.45, 2.75) is 59.0 Å². The first kappa shape index (κ1) is 17.0. The Morgan fingerprint density at radius 2 is 2.21 bits per heavy atom. The fourth-order valence-electron chi connectivity index (χ4n) is 4.72. The number of esters is 1. The normalized spacial score (nSPS) is 32.9. The van der Waals surface area contributed by atoms with Crippen LogP contribution in [0.2, 0.25) is 0 Å². The zero-order valence-electron chi connectivity index (χ0n) is 14.7. The number of allylic oxidation sites excluding steroid dienone is 2. The van der Waals surface area contributed by atoms with Gasteiger partial charge in [0.25, 0.3) is 0 Å². The summed E-state index contributed by atoms with van der Waals surface area (Å²) >= 11 is 0. The Hall–Kier alpha value is -1.84. The molecule has 4 heteroatoms. The van der Waals surface area contributed by atoms with Gasteiger partial charge in [-0.25, -0.2) is 0 Å². The number of carbonyl (C=O) groups is 2. The molecule has 4 nitrogen and oxygen atoms in total. The van der Waals surface area contributed by atoms with Gasteiger partial charge in [-0.2, -0.15) is 0 Å². The maximum atomic E-state index is 13.0. The molecule has 130 valence electrons. The highest BCUT2D eigenvalue weighted by molar-refractivity contribution is 5.81. The van der Waals surface area contributed by atoms with E-state index in [0.29, 0.717) is 12.8 Å². The first-order valence-electron chi connectivity index (χ1n) is 8.83. The molecule has 4 unspecified atom stereocenters. The van der Waals surface area contributed by atoms with Crippen LogP contribution in [-0.4, -0.2) is 12.3 Å². The molecule has 3 rings (SSSR count). The minimum Gasteiger partial charge on any atom is -0.472 e. The van der Waals surface area contributed by atoms with Crippen molar-refractivity contribution in [2.75, 3.05) is 0 Å². The molecular weight excluding hydrogens is 304 g/mol. The van der Waals surface area contributed by atoms with E-state index in [2.05, 4.69) is 20.8 Å². The van der Waals surface area contributed by atoms with E-state index in [1.54, 1.807) is 12.5 Å². The molecule has 1 aromatic rings. The summed E-state index contributed by atoms with van der Waals surface area (Å²) in [5, 5.41) is 0. The molecule has 0 bridgehead atoms. The molecule has 1 saturated heterocycles. The number of carbonyl (C=O) groups excluding carboxylic acids is 2. The number of rotatable bonds is 4. The van der Waals surface area contributed by atoms with E-state index in [0.717, 1.165) is 31.1 Å². The number of hydrogen-bond donors (Lipinski definition) is 0. The molecule has 2 aliphatic rings. The Morgan fingerprint density at radius 1 is 1.42 bits per heavy atom. The fourth-order valence-corrected chi connectivity index (χ4v) is 4.72. The van der Waals surface area contributed by atoms with Gasteiger partial charge in [-0.15, -0.1) is 0 Å². The third-order valence-electron chi connectivity index (χ3n) is 6.05. The van der Waals surface area contributed by atoms with E-state index in [-0.39, 0.29) is 23.9 Å². The lowest BCUT2D eigenvalue weighted by atomic mass is 9.56.